The minimum Gasteiger partial charge on any atom is -0.369 e. The average molecular weight is 284 g/mol. The van der Waals surface area contributed by atoms with E-state index in [0.29, 0.717) is 29.9 Å². The highest BCUT2D eigenvalue weighted by atomic mass is 32.2. The maximum Gasteiger partial charge on any atom is 0.227 e. The van der Waals surface area contributed by atoms with Crippen molar-refractivity contribution in [3.05, 3.63) is 0 Å². The molecular formula is C14H24N2O2S. The molecule has 108 valence electrons. The van der Waals surface area contributed by atoms with E-state index >= 15 is 0 Å². The third kappa shape index (κ3) is 4.13. The van der Waals surface area contributed by atoms with E-state index in [-0.39, 0.29) is 11.8 Å². The monoisotopic (exact) mass is 284 g/mol. The van der Waals surface area contributed by atoms with Crippen LogP contribution >= 0.6 is 11.8 Å². The number of amides is 2. The molecule has 2 saturated carbocycles. The third-order valence-electron chi connectivity index (χ3n) is 4.54. The average Bonchev–Trinajstić information content (AvgIpc) is 2.96. The van der Waals surface area contributed by atoms with Crippen LogP contribution in [0.4, 0.5) is 0 Å². The summed E-state index contributed by atoms with van der Waals surface area (Å²) in [7, 11) is 0. The van der Waals surface area contributed by atoms with E-state index in [9.17, 15) is 9.59 Å². The van der Waals surface area contributed by atoms with Crippen molar-refractivity contribution >= 4 is 23.6 Å². The van der Waals surface area contributed by atoms with E-state index in [1.165, 1.54) is 37.4 Å². The topological polar surface area (TPSA) is 72.2 Å². The number of carbonyl (C=O) groups is 2. The smallest absolute Gasteiger partial charge is 0.227 e. The number of hydrogen-bond donors (Lipinski definition) is 2. The van der Waals surface area contributed by atoms with Gasteiger partial charge in [-0.2, -0.15) is 11.8 Å². The number of thioether (sulfide) groups is 1. The van der Waals surface area contributed by atoms with Gasteiger partial charge in [0.1, 0.15) is 0 Å². The van der Waals surface area contributed by atoms with E-state index < -0.39 is 0 Å². The van der Waals surface area contributed by atoms with Gasteiger partial charge in [-0.15, -0.1) is 0 Å². The lowest BCUT2D eigenvalue weighted by atomic mass is 9.84. The molecule has 2 amide bonds. The van der Waals surface area contributed by atoms with Crippen LogP contribution in [-0.2, 0) is 9.59 Å². The van der Waals surface area contributed by atoms with E-state index in [4.69, 9.17) is 5.73 Å². The highest BCUT2D eigenvalue weighted by Gasteiger charge is 2.41. The molecule has 2 fully saturated rings. The molecule has 2 aliphatic carbocycles. The van der Waals surface area contributed by atoms with Crippen LogP contribution in [0.1, 0.15) is 39.0 Å². The van der Waals surface area contributed by atoms with Crippen LogP contribution in [0.15, 0.2) is 0 Å². The number of rotatable bonds is 7. The summed E-state index contributed by atoms with van der Waals surface area (Å²) >= 11 is 1.43. The summed E-state index contributed by atoms with van der Waals surface area (Å²) in [6, 6.07) is 0.295. The first-order chi connectivity index (χ1) is 9.06. The second-order valence-corrected chi connectivity index (χ2v) is 7.07. The van der Waals surface area contributed by atoms with E-state index in [2.05, 4.69) is 12.2 Å². The molecule has 0 heterocycles. The summed E-state index contributed by atoms with van der Waals surface area (Å²) < 4.78 is 0. The number of fused-ring (bicyclic) bond motifs is 2. The maximum atomic E-state index is 11.8. The molecule has 0 aromatic carbocycles. The molecule has 19 heavy (non-hydrogen) atoms. The fourth-order valence-electron chi connectivity index (χ4n) is 3.68. The molecule has 2 rings (SSSR count). The lowest BCUT2D eigenvalue weighted by Crippen LogP contribution is -2.40. The summed E-state index contributed by atoms with van der Waals surface area (Å²) in [6.45, 7) is 2.14. The molecule has 0 saturated heterocycles. The lowest BCUT2D eigenvalue weighted by molar-refractivity contribution is -0.121. The summed E-state index contributed by atoms with van der Waals surface area (Å²) in [5.41, 5.74) is 5.05. The Morgan fingerprint density at radius 2 is 2.16 bits per heavy atom. The van der Waals surface area contributed by atoms with Crippen molar-refractivity contribution in [3.63, 3.8) is 0 Å². The van der Waals surface area contributed by atoms with E-state index in [1.54, 1.807) is 0 Å². The minimum absolute atomic E-state index is 0.104. The van der Waals surface area contributed by atoms with Crippen molar-refractivity contribution in [1.29, 1.82) is 0 Å². The van der Waals surface area contributed by atoms with Gasteiger partial charge in [-0.05, 0) is 43.9 Å². The molecule has 0 aliphatic heterocycles. The zero-order chi connectivity index (χ0) is 13.8. The van der Waals surface area contributed by atoms with Gasteiger partial charge in [-0.3, -0.25) is 9.59 Å². The molecule has 4 atom stereocenters. The standard InChI is InChI=1S/C14H24N2O2S/c1-9(12-7-10-2-3-11(12)6-10)16-14(18)4-5-19-8-13(15)17/h9-12H,2-8H2,1H3,(H2,15,17)(H,16,18). The van der Waals surface area contributed by atoms with Gasteiger partial charge in [0.25, 0.3) is 0 Å². The largest absolute Gasteiger partial charge is 0.369 e. The lowest BCUT2D eigenvalue weighted by Gasteiger charge is -2.28. The molecule has 3 N–H and O–H groups in total. The number of nitrogens with two attached hydrogens (primary N) is 1. The Hall–Kier alpha value is -0.710. The van der Waals surface area contributed by atoms with Crippen LogP contribution in [-0.4, -0.2) is 29.4 Å². The Balaban J connectivity index is 1.63. The van der Waals surface area contributed by atoms with Crippen molar-refractivity contribution in [2.45, 2.75) is 45.1 Å². The normalized spacial score (nSPS) is 30.3. The highest BCUT2D eigenvalue weighted by molar-refractivity contribution is 7.99. The van der Waals surface area contributed by atoms with Gasteiger partial charge in [0.2, 0.25) is 11.8 Å². The predicted octanol–water partition coefficient (Wildman–Crippen LogP) is 1.54. The van der Waals surface area contributed by atoms with Crippen LogP contribution in [0.2, 0.25) is 0 Å². The number of hydrogen-bond acceptors (Lipinski definition) is 3. The van der Waals surface area contributed by atoms with E-state index in [0.717, 1.165) is 11.8 Å². The highest BCUT2D eigenvalue weighted by Crippen LogP contribution is 2.49. The predicted molar refractivity (Wildman–Crippen MR) is 77.7 cm³/mol. The number of nitrogens with one attached hydrogen (secondary N) is 1. The fraction of sp³-hybridized carbons (Fsp3) is 0.857. The van der Waals surface area contributed by atoms with Crippen LogP contribution in [0, 0.1) is 17.8 Å². The molecule has 5 heteroatoms. The molecule has 0 aromatic rings. The van der Waals surface area contributed by atoms with Crippen LogP contribution in [0.3, 0.4) is 0 Å². The SMILES string of the molecule is CC(NC(=O)CCSCC(N)=O)C1CC2CCC1C2. The third-order valence-corrected chi connectivity index (χ3v) is 5.52. The van der Waals surface area contributed by atoms with Crippen LogP contribution in [0.5, 0.6) is 0 Å². The zero-order valence-corrected chi connectivity index (χ0v) is 12.4. The summed E-state index contributed by atoms with van der Waals surface area (Å²) in [5, 5.41) is 3.13. The first kappa shape index (κ1) is 14.7. The van der Waals surface area contributed by atoms with Crippen molar-refractivity contribution in [2.75, 3.05) is 11.5 Å². The molecule has 0 spiro atoms. The Bertz CT molecular complexity index is 348. The van der Waals surface area contributed by atoms with E-state index in [1.807, 2.05) is 0 Å². The second-order valence-electron chi connectivity index (χ2n) is 5.96. The zero-order valence-electron chi connectivity index (χ0n) is 11.6. The maximum absolute atomic E-state index is 11.8. The Morgan fingerprint density at radius 1 is 1.37 bits per heavy atom. The Labute approximate surface area is 119 Å². The van der Waals surface area contributed by atoms with Gasteiger partial charge in [0.05, 0.1) is 5.75 Å². The summed E-state index contributed by atoms with van der Waals surface area (Å²) in [6.07, 6.45) is 5.89. The van der Waals surface area contributed by atoms with Crippen LogP contribution in [0.25, 0.3) is 0 Å². The van der Waals surface area contributed by atoms with Gasteiger partial charge >= 0.3 is 0 Å². The first-order valence-electron chi connectivity index (χ1n) is 7.21. The minimum atomic E-state index is -0.319. The van der Waals surface area contributed by atoms with Crippen molar-refractivity contribution < 1.29 is 9.59 Å². The van der Waals surface area contributed by atoms with Gasteiger partial charge in [-0.25, -0.2) is 0 Å². The van der Waals surface area contributed by atoms with Crippen molar-refractivity contribution in [2.24, 2.45) is 23.5 Å². The number of primary amides is 1. The van der Waals surface area contributed by atoms with Gasteiger partial charge in [-0.1, -0.05) is 6.42 Å². The summed E-state index contributed by atoms with van der Waals surface area (Å²) in [5.74, 6) is 3.19. The molecule has 4 unspecified atom stereocenters. The Morgan fingerprint density at radius 3 is 2.74 bits per heavy atom. The summed E-state index contributed by atoms with van der Waals surface area (Å²) in [4.78, 5) is 22.4. The molecular weight excluding hydrogens is 260 g/mol. The van der Waals surface area contributed by atoms with Crippen LogP contribution < -0.4 is 11.1 Å². The second kappa shape index (κ2) is 6.64. The first-order valence-corrected chi connectivity index (χ1v) is 8.37. The molecule has 2 aliphatic rings. The quantitative estimate of drug-likeness (QED) is 0.697. The van der Waals surface area contributed by atoms with Gasteiger partial charge < -0.3 is 11.1 Å². The Kier molecular flexibility index (Phi) is 5.13. The molecule has 4 nitrogen and oxygen atoms in total. The number of carbonyl (C=O) groups excluding carboxylic acids is 2. The van der Waals surface area contributed by atoms with Gasteiger partial charge in [0.15, 0.2) is 0 Å². The van der Waals surface area contributed by atoms with Crippen molar-refractivity contribution in [1.82, 2.24) is 5.32 Å². The molecule has 0 aromatic heterocycles. The van der Waals surface area contributed by atoms with Gasteiger partial charge in [0, 0.05) is 18.2 Å². The molecule has 2 bridgehead atoms. The molecule has 0 radical (unpaired) electrons. The van der Waals surface area contributed by atoms with Crippen molar-refractivity contribution in [3.8, 4) is 0 Å². The fourth-order valence-corrected chi connectivity index (χ4v) is 4.35.